The van der Waals surface area contributed by atoms with Gasteiger partial charge in [0, 0.05) is 37.1 Å². The molecule has 3 heterocycles. The minimum Gasteiger partial charge on any atom is -0.470 e. The molecule has 1 N–H and O–H groups in total. The Morgan fingerprint density at radius 3 is 2.58 bits per heavy atom. The first-order valence-electron chi connectivity index (χ1n) is 10.7. The van der Waals surface area contributed by atoms with Crippen LogP contribution in [0.5, 0.6) is 5.88 Å². The average Bonchev–Trinajstić information content (AvgIpc) is 3.12. The predicted molar refractivity (Wildman–Crippen MR) is 111 cm³/mol. The van der Waals surface area contributed by atoms with E-state index < -0.39 is 5.92 Å². The molecule has 1 aliphatic carbocycles. The fourth-order valence-electron chi connectivity index (χ4n) is 3.80. The number of rotatable bonds is 6. The molecule has 8 nitrogen and oxygen atoms in total. The van der Waals surface area contributed by atoms with Gasteiger partial charge in [-0.3, -0.25) is 4.79 Å². The van der Waals surface area contributed by atoms with Crippen LogP contribution in [0.15, 0.2) is 18.3 Å². The lowest BCUT2D eigenvalue weighted by Crippen LogP contribution is -2.57. The second-order valence-electron chi connectivity index (χ2n) is 8.71. The van der Waals surface area contributed by atoms with E-state index in [1.807, 2.05) is 26.8 Å². The van der Waals surface area contributed by atoms with Crippen molar-refractivity contribution in [2.45, 2.75) is 64.5 Å². The van der Waals surface area contributed by atoms with E-state index in [9.17, 15) is 13.6 Å². The molecule has 168 valence electrons. The summed E-state index contributed by atoms with van der Waals surface area (Å²) in [7, 11) is 0. The molecule has 31 heavy (non-hydrogen) atoms. The van der Waals surface area contributed by atoms with E-state index in [0.717, 1.165) is 5.69 Å². The van der Waals surface area contributed by atoms with Crippen molar-refractivity contribution >= 4 is 11.7 Å². The molecule has 0 bridgehead atoms. The minimum atomic E-state index is -2.58. The maximum Gasteiger partial charge on any atom is 0.255 e. The maximum atomic E-state index is 13.5. The summed E-state index contributed by atoms with van der Waals surface area (Å²) in [6, 6.07) is 3.44. The van der Waals surface area contributed by atoms with E-state index in [2.05, 4.69) is 20.4 Å². The molecule has 2 aromatic rings. The zero-order chi connectivity index (χ0) is 22.2. The van der Waals surface area contributed by atoms with Crippen molar-refractivity contribution in [3.8, 4) is 11.8 Å². The van der Waals surface area contributed by atoms with Crippen LogP contribution in [0, 0.1) is 12.8 Å². The van der Waals surface area contributed by atoms with Crippen molar-refractivity contribution in [1.29, 1.82) is 0 Å². The number of carbonyl (C=O) groups is 1. The van der Waals surface area contributed by atoms with Crippen LogP contribution in [0.25, 0.3) is 5.95 Å². The second kappa shape index (κ2) is 8.39. The Bertz CT molecular complexity index is 932. The Morgan fingerprint density at radius 2 is 1.97 bits per heavy atom. The van der Waals surface area contributed by atoms with Gasteiger partial charge in [0.1, 0.15) is 11.9 Å². The van der Waals surface area contributed by atoms with Crippen molar-refractivity contribution in [2.24, 2.45) is 5.92 Å². The van der Waals surface area contributed by atoms with Crippen molar-refractivity contribution in [2.75, 3.05) is 18.4 Å². The van der Waals surface area contributed by atoms with Gasteiger partial charge in [0.25, 0.3) is 5.95 Å². The summed E-state index contributed by atoms with van der Waals surface area (Å²) in [4.78, 5) is 22.8. The molecular weight excluding hydrogens is 406 g/mol. The fraction of sp³-hybridized carbons (Fsp3) is 0.619. The highest BCUT2D eigenvalue weighted by molar-refractivity contribution is 5.79. The van der Waals surface area contributed by atoms with Gasteiger partial charge >= 0.3 is 0 Å². The van der Waals surface area contributed by atoms with E-state index in [0.29, 0.717) is 43.6 Å². The third-order valence-corrected chi connectivity index (χ3v) is 5.63. The molecule has 2 aromatic heterocycles. The summed E-state index contributed by atoms with van der Waals surface area (Å²) in [5.41, 5.74) is 0.820. The molecule has 0 atom stereocenters. The molecule has 0 aromatic carbocycles. The van der Waals surface area contributed by atoms with Crippen molar-refractivity contribution in [3.63, 3.8) is 0 Å². The van der Waals surface area contributed by atoms with Crippen LogP contribution in [0.4, 0.5) is 14.6 Å². The largest absolute Gasteiger partial charge is 0.470 e. The number of carbonyl (C=O) groups excluding carboxylic acids is 1. The highest BCUT2D eigenvalue weighted by Crippen LogP contribution is 2.34. The van der Waals surface area contributed by atoms with Gasteiger partial charge in [-0.25, -0.2) is 13.5 Å². The number of amides is 1. The predicted octanol–water partition coefficient (Wildman–Crippen LogP) is 3.21. The van der Waals surface area contributed by atoms with Gasteiger partial charge in [0.05, 0.1) is 18.8 Å². The smallest absolute Gasteiger partial charge is 0.255 e. The lowest BCUT2D eigenvalue weighted by Gasteiger charge is -2.39. The zero-order valence-electron chi connectivity index (χ0n) is 18.0. The Balaban J connectivity index is 1.48. The van der Waals surface area contributed by atoms with E-state index in [1.54, 1.807) is 21.8 Å². The molecule has 1 amide bonds. The zero-order valence-corrected chi connectivity index (χ0v) is 18.0. The molecule has 1 saturated heterocycles. The van der Waals surface area contributed by atoms with Gasteiger partial charge in [0.2, 0.25) is 17.7 Å². The topological polar surface area (TPSA) is 85.2 Å². The Labute approximate surface area is 180 Å². The second-order valence-corrected chi connectivity index (χ2v) is 8.71. The van der Waals surface area contributed by atoms with Gasteiger partial charge in [0.15, 0.2) is 0 Å². The van der Waals surface area contributed by atoms with Gasteiger partial charge in [-0.2, -0.15) is 15.1 Å². The number of nitrogens with zero attached hydrogens (tertiary/aromatic N) is 5. The highest BCUT2D eigenvalue weighted by Gasteiger charge is 2.36. The summed E-state index contributed by atoms with van der Waals surface area (Å²) in [6.45, 7) is 6.64. The van der Waals surface area contributed by atoms with Crippen molar-refractivity contribution in [1.82, 2.24) is 24.6 Å². The number of likely N-dealkylation sites (tertiary alicyclic amines) is 1. The number of anilines is 1. The fourth-order valence-corrected chi connectivity index (χ4v) is 3.80. The van der Waals surface area contributed by atoms with Crippen LogP contribution >= 0.6 is 0 Å². The average molecular weight is 434 g/mol. The lowest BCUT2D eigenvalue weighted by molar-refractivity contribution is -0.143. The number of halogens is 2. The molecule has 4 rings (SSSR count). The molecule has 0 radical (unpaired) electrons. The van der Waals surface area contributed by atoms with Gasteiger partial charge in [-0.05, 0) is 25.8 Å². The van der Waals surface area contributed by atoms with E-state index in [-0.39, 0.29) is 36.8 Å². The first kappa shape index (κ1) is 21.5. The van der Waals surface area contributed by atoms with Gasteiger partial charge in [-0.1, -0.05) is 13.8 Å². The van der Waals surface area contributed by atoms with Gasteiger partial charge in [-0.15, -0.1) is 0 Å². The molecule has 0 spiro atoms. The Hall–Kier alpha value is -2.78. The number of hydrogen-bond acceptors (Lipinski definition) is 6. The van der Waals surface area contributed by atoms with Crippen LogP contribution in [0.3, 0.4) is 0 Å². The number of alkyl halides is 2. The SMILES string of the molecule is Cc1ccn(-c2nc(NC3CCC(F)(F)CC3)cc(OC3CN(C(=O)C(C)C)C3)n2)n1. The van der Waals surface area contributed by atoms with Gasteiger partial charge < -0.3 is 15.0 Å². The minimum absolute atomic E-state index is 0.0478. The Kier molecular flexibility index (Phi) is 5.81. The third kappa shape index (κ3) is 5.11. The summed E-state index contributed by atoms with van der Waals surface area (Å²) < 4.78 is 34.5. The van der Waals surface area contributed by atoms with Crippen LogP contribution in [-0.4, -0.2) is 61.7 Å². The van der Waals surface area contributed by atoms with E-state index in [1.165, 1.54) is 0 Å². The molecular formula is C21H28F2N6O2. The quantitative estimate of drug-likeness (QED) is 0.752. The number of aromatic nitrogens is 4. The normalized spacial score (nSPS) is 19.4. The van der Waals surface area contributed by atoms with Crippen LogP contribution in [0.2, 0.25) is 0 Å². The summed E-state index contributed by atoms with van der Waals surface area (Å²) in [6.07, 6.45) is 2.09. The number of ether oxygens (including phenoxy) is 1. The lowest BCUT2D eigenvalue weighted by atomic mass is 9.92. The van der Waals surface area contributed by atoms with Crippen LogP contribution in [-0.2, 0) is 4.79 Å². The first-order valence-corrected chi connectivity index (χ1v) is 10.7. The summed E-state index contributed by atoms with van der Waals surface area (Å²) >= 11 is 0. The number of hydrogen-bond donors (Lipinski definition) is 1. The molecule has 2 fully saturated rings. The summed E-state index contributed by atoms with van der Waals surface area (Å²) in [5, 5.41) is 7.61. The first-order chi connectivity index (χ1) is 14.7. The number of nitrogens with one attached hydrogen (secondary N) is 1. The highest BCUT2D eigenvalue weighted by atomic mass is 19.3. The van der Waals surface area contributed by atoms with Crippen molar-refractivity contribution in [3.05, 3.63) is 24.0 Å². The molecule has 1 aliphatic heterocycles. The van der Waals surface area contributed by atoms with Crippen molar-refractivity contribution < 1.29 is 18.3 Å². The number of aryl methyl sites for hydroxylation is 1. The Morgan fingerprint density at radius 1 is 1.26 bits per heavy atom. The van der Waals surface area contributed by atoms with E-state index in [4.69, 9.17) is 4.74 Å². The monoisotopic (exact) mass is 434 g/mol. The van der Waals surface area contributed by atoms with Crippen LogP contribution < -0.4 is 10.1 Å². The molecule has 10 heteroatoms. The molecule has 1 saturated carbocycles. The third-order valence-electron chi connectivity index (χ3n) is 5.63. The summed E-state index contributed by atoms with van der Waals surface area (Å²) in [5.74, 6) is -1.32. The molecule has 0 unspecified atom stereocenters. The standard InChI is InChI=1S/C21H28F2N6O2/c1-13(2)19(30)28-11-16(12-28)31-18-10-17(24-15-4-7-21(22,23)8-5-15)25-20(26-18)29-9-6-14(3)27-29/h6,9-10,13,15-16H,4-5,7-8,11-12H2,1-3H3,(H,24,25,26). The molecule has 2 aliphatic rings. The van der Waals surface area contributed by atoms with E-state index >= 15 is 0 Å². The maximum absolute atomic E-state index is 13.5. The van der Waals surface area contributed by atoms with Crippen LogP contribution in [0.1, 0.15) is 45.2 Å².